The van der Waals surface area contributed by atoms with Crippen molar-refractivity contribution in [1.82, 2.24) is 0 Å². The minimum absolute atomic E-state index is 0.193. The Hall–Kier alpha value is -2.51. The number of aromatic nitrogens is 1. The number of piperazine rings is 1. The van der Waals surface area contributed by atoms with E-state index >= 15 is 0 Å². The van der Waals surface area contributed by atoms with E-state index in [0.29, 0.717) is 16.6 Å². The number of aromatic amines is 1. The van der Waals surface area contributed by atoms with Gasteiger partial charge in [-0.05, 0) is 49.2 Å². The maximum Gasteiger partial charge on any atom is 0.214 e. The Bertz CT molecular complexity index is 1190. The van der Waals surface area contributed by atoms with Crippen molar-refractivity contribution in [3.63, 3.8) is 0 Å². The predicted octanol–water partition coefficient (Wildman–Crippen LogP) is 1.58. The first-order chi connectivity index (χ1) is 13.8. The SMILES string of the molecule is Cc1ccc(S(=O)(=O)c2c[nH+]c3ccc(F)cc3c2N2CC[NH+](C)CC2)cc1C. The van der Waals surface area contributed by atoms with E-state index in [-0.39, 0.29) is 15.6 Å². The van der Waals surface area contributed by atoms with E-state index < -0.39 is 9.84 Å². The average molecular weight is 416 g/mol. The van der Waals surface area contributed by atoms with Crippen molar-refractivity contribution in [3.05, 3.63) is 59.5 Å². The fourth-order valence-electron chi connectivity index (χ4n) is 3.83. The lowest BCUT2D eigenvalue weighted by atomic mass is 10.1. The Balaban J connectivity index is 1.96. The molecule has 0 bridgehead atoms. The molecule has 1 aromatic heterocycles. The third-order valence-electron chi connectivity index (χ3n) is 5.84. The molecule has 2 N–H and O–H groups in total. The summed E-state index contributed by atoms with van der Waals surface area (Å²) in [4.78, 5) is 6.99. The molecule has 0 radical (unpaired) electrons. The lowest BCUT2D eigenvalue weighted by Gasteiger charge is -2.32. The van der Waals surface area contributed by atoms with Crippen LogP contribution in [-0.4, -0.2) is 41.6 Å². The Morgan fingerprint density at radius 3 is 2.45 bits per heavy atom. The molecule has 7 heteroatoms. The molecule has 0 aliphatic carbocycles. The molecule has 1 aliphatic rings. The van der Waals surface area contributed by atoms with Crippen LogP contribution in [0.2, 0.25) is 0 Å². The van der Waals surface area contributed by atoms with Crippen LogP contribution in [0.25, 0.3) is 10.9 Å². The van der Waals surface area contributed by atoms with Crippen LogP contribution in [0.5, 0.6) is 0 Å². The Kier molecular flexibility index (Phi) is 5.04. The Morgan fingerprint density at radius 2 is 1.76 bits per heavy atom. The monoisotopic (exact) mass is 415 g/mol. The molecule has 0 atom stereocenters. The second-order valence-corrected chi connectivity index (χ2v) is 9.80. The number of quaternary nitrogens is 1. The lowest BCUT2D eigenvalue weighted by molar-refractivity contribution is -0.880. The number of halogens is 1. The molecular formula is C22H26FN3O2S+2. The predicted molar refractivity (Wildman–Crippen MR) is 111 cm³/mol. The molecule has 0 amide bonds. The topological polar surface area (TPSA) is 56.0 Å². The number of nitrogens with one attached hydrogen (secondary N) is 2. The first-order valence-electron chi connectivity index (χ1n) is 9.80. The zero-order chi connectivity index (χ0) is 20.8. The Labute approximate surface area is 170 Å². The first kappa shape index (κ1) is 19.8. The second-order valence-electron chi connectivity index (χ2n) is 7.89. The molecule has 5 nitrogen and oxygen atoms in total. The van der Waals surface area contributed by atoms with Crippen molar-refractivity contribution >= 4 is 26.4 Å². The molecule has 3 aromatic rings. The highest BCUT2D eigenvalue weighted by atomic mass is 32.2. The maximum absolute atomic E-state index is 14.1. The molecule has 1 fully saturated rings. The van der Waals surface area contributed by atoms with Crippen LogP contribution in [0.15, 0.2) is 52.4 Å². The van der Waals surface area contributed by atoms with Crippen molar-refractivity contribution < 1.29 is 22.7 Å². The summed E-state index contributed by atoms with van der Waals surface area (Å²) in [7, 11) is -1.65. The van der Waals surface area contributed by atoms with Gasteiger partial charge in [-0.25, -0.2) is 17.8 Å². The van der Waals surface area contributed by atoms with Gasteiger partial charge in [-0.2, -0.15) is 0 Å². The van der Waals surface area contributed by atoms with E-state index in [4.69, 9.17) is 0 Å². The molecule has 1 saturated heterocycles. The molecule has 2 heterocycles. The highest BCUT2D eigenvalue weighted by molar-refractivity contribution is 7.91. The first-order valence-corrected chi connectivity index (χ1v) is 11.3. The van der Waals surface area contributed by atoms with Crippen LogP contribution in [0.3, 0.4) is 0 Å². The normalized spacial score (nSPS) is 15.8. The number of hydrogen-bond acceptors (Lipinski definition) is 3. The number of aryl methyl sites for hydroxylation is 2. The molecule has 0 spiro atoms. The van der Waals surface area contributed by atoms with Gasteiger partial charge < -0.3 is 9.80 Å². The summed E-state index contributed by atoms with van der Waals surface area (Å²) in [5.41, 5.74) is 3.26. The minimum Gasteiger partial charge on any atom is -0.358 e. The van der Waals surface area contributed by atoms with Crippen molar-refractivity contribution in [1.29, 1.82) is 0 Å². The number of nitrogens with zero attached hydrogens (tertiary/aromatic N) is 1. The quantitative estimate of drug-likeness (QED) is 0.707. The third kappa shape index (κ3) is 3.60. The number of H-pyrrole nitrogens is 1. The summed E-state index contributed by atoms with van der Waals surface area (Å²) in [5.74, 6) is -0.382. The molecule has 29 heavy (non-hydrogen) atoms. The summed E-state index contributed by atoms with van der Waals surface area (Å²) in [6.45, 7) is 7.10. The lowest BCUT2D eigenvalue weighted by Crippen LogP contribution is -3.12. The Morgan fingerprint density at radius 1 is 1.03 bits per heavy atom. The second kappa shape index (κ2) is 7.39. The highest BCUT2D eigenvalue weighted by Crippen LogP contribution is 2.35. The molecule has 4 rings (SSSR count). The highest BCUT2D eigenvalue weighted by Gasteiger charge is 2.31. The zero-order valence-corrected chi connectivity index (χ0v) is 17.7. The largest absolute Gasteiger partial charge is 0.358 e. The van der Waals surface area contributed by atoms with E-state index in [1.54, 1.807) is 24.4 Å². The molecule has 0 saturated carbocycles. The summed E-state index contributed by atoms with van der Waals surface area (Å²) < 4.78 is 41.3. The smallest absolute Gasteiger partial charge is 0.214 e. The fourth-order valence-corrected chi connectivity index (χ4v) is 5.37. The fraction of sp³-hybridized carbons (Fsp3) is 0.318. The van der Waals surface area contributed by atoms with Crippen LogP contribution in [0, 0.1) is 19.7 Å². The number of rotatable bonds is 3. The van der Waals surface area contributed by atoms with Gasteiger partial charge in [-0.15, -0.1) is 0 Å². The molecule has 1 aliphatic heterocycles. The van der Waals surface area contributed by atoms with E-state index in [1.165, 1.54) is 17.0 Å². The number of pyridine rings is 1. The third-order valence-corrected chi connectivity index (χ3v) is 7.61. The van der Waals surface area contributed by atoms with Crippen molar-refractivity contribution in [2.24, 2.45) is 0 Å². The van der Waals surface area contributed by atoms with Gasteiger partial charge >= 0.3 is 0 Å². The summed E-state index contributed by atoms with van der Waals surface area (Å²) in [6, 6.07) is 9.64. The van der Waals surface area contributed by atoms with Crippen LogP contribution in [0.4, 0.5) is 10.1 Å². The zero-order valence-electron chi connectivity index (χ0n) is 16.9. The molecule has 152 valence electrons. The van der Waals surface area contributed by atoms with Crippen molar-refractivity contribution in [2.45, 2.75) is 23.6 Å². The average Bonchev–Trinajstić information content (AvgIpc) is 2.69. The van der Waals surface area contributed by atoms with Gasteiger partial charge in [0.05, 0.1) is 49.2 Å². The summed E-state index contributed by atoms with van der Waals surface area (Å²) in [6.07, 6.45) is 1.55. The van der Waals surface area contributed by atoms with Gasteiger partial charge in [-0.1, -0.05) is 6.07 Å². The van der Waals surface area contributed by atoms with E-state index in [2.05, 4.69) is 16.9 Å². The van der Waals surface area contributed by atoms with Crippen LogP contribution < -0.4 is 14.8 Å². The van der Waals surface area contributed by atoms with Gasteiger partial charge in [0.25, 0.3) is 0 Å². The van der Waals surface area contributed by atoms with Crippen LogP contribution >= 0.6 is 0 Å². The van der Waals surface area contributed by atoms with Crippen molar-refractivity contribution in [2.75, 3.05) is 38.1 Å². The number of anilines is 1. The van der Waals surface area contributed by atoms with Gasteiger partial charge in [0.2, 0.25) is 15.4 Å². The van der Waals surface area contributed by atoms with Gasteiger partial charge in [0.1, 0.15) is 5.82 Å². The molecule has 0 unspecified atom stereocenters. The van der Waals surface area contributed by atoms with Crippen LogP contribution in [-0.2, 0) is 9.84 Å². The summed E-state index contributed by atoms with van der Waals surface area (Å²) in [5, 5.41) is 0.592. The van der Waals surface area contributed by atoms with Crippen molar-refractivity contribution in [3.8, 4) is 0 Å². The molecule has 2 aromatic carbocycles. The van der Waals surface area contributed by atoms with Gasteiger partial charge in [0, 0.05) is 6.07 Å². The number of hydrogen-bond donors (Lipinski definition) is 1. The van der Waals surface area contributed by atoms with Gasteiger partial charge in [-0.3, -0.25) is 0 Å². The standard InChI is InChI=1S/C22H24FN3O2S/c1-15-4-6-18(12-16(15)2)29(27,28)21-14-24-20-7-5-17(23)13-19(20)22(21)26-10-8-25(3)9-11-26/h4-7,12-14H,8-11H2,1-3H3/p+2. The molecular weight excluding hydrogens is 389 g/mol. The van der Waals surface area contributed by atoms with Gasteiger partial charge in [0.15, 0.2) is 11.1 Å². The van der Waals surface area contributed by atoms with E-state index in [1.807, 2.05) is 19.9 Å². The maximum atomic E-state index is 14.1. The summed E-state index contributed by atoms with van der Waals surface area (Å²) >= 11 is 0. The number of likely N-dealkylation sites (N-methyl/N-ethyl adjacent to an activating group) is 1. The van der Waals surface area contributed by atoms with E-state index in [0.717, 1.165) is 37.3 Å². The van der Waals surface area contributed by atoms with Crippen LogP contribution in [0.1, 0.15) is 11.1 Å². The number of fused-ring (bicyclic) bond motifs is 1. The number of sulfone groups is 1. The minimum atomic E-state index is -3.78. The number of benzene rings is 2. The van der Waals surface area contributed by atoms with E-state index in [9.17, 15) is 12.8 Å².